The van der Waals surface area contributed by atoms with Crippen molar-refractivity contribution in [1.29, 1.82) is 5.41 Å². The summed E-state index contributed by atoms with van der Waals surface area (Å²) < 4.78 is 23.0. The van der Waals surface area contributed by atoms with Crippen molar-refractivity contribution in [2.45, 2.75) is 0 Å². The number of ether oxygens (including phenoxy) is 1. The molecule has 160 valence electrons. The van der Waals surface area contributed by atoms with Crippen molar-refractivity contribution >= 4 is 17.6 Å². The Morgan fingerprint density at radius 3 is 2.69 bits per heavy atom. The van der Waals surface area contributed by atoms with Gasteiger partial charge in [0.1, 0.15) is 5.69 Å². The summed E-state index contributed by atoms with van der Waals surface area (Å²) in [4.78, 5) is 12.5. The van der Waals surface area contributed by atoms with E-state index in [1.54, 1.807) is 18.3 Å². The summed E-state index contributed by atoms with van der Waals surface area (Å²) in [7, 11) is 1.51. The summed E-state index contributed by atoms with van der Waals surface area (Å²) in [6.45, 7) is 0. The summed E-state index contributed by atoms with van der Waals surface area (Å²) in [6, 6.07) is 16.7. The third-order valence-electron chi connectivity index (χ3n) is 4.61. The van der Waals surface area contributed by atoms with Gasteiger partial charge < -0.3 is 15.5 Å². The second kappa shape index (κ2) is 9.09. The van der Waals surface area contributed by atoms with Crippen LogP contribution >= 0.6 is 0 Å². The van der Waals surface area contributed by atoms with Crippen LogP contribution in [0.15, 0.2) is 83.9 Å². The van der Waals surface area contributed by atoms with Gasteiger partial charge in [-0.15, -0.1) is 0 Å². The lowest BCUT2D eigenvalue weighted by molar-refractivity contribution is 0.383. The Bertz CT molecular complexity index is 1340. The molecule has 2 aromatic heterocycles. The fraction of sp³-hybridized carbons (Fsp3) is 0.0435. The normalized spacial score (nSPS) is 11.2. The molecule has 0 aliphatic heterocycles. The smallest absolute Gasteiger partial charge is 0.216 e. The third kappa shape index (κ3) is 4.17. The molecule has 0 aliphatic rings. The molecule has 0 unspecified atom stereocenters. The molecule has 0 fully saturated rings. The van der Waals surface area contributed by atoms with Gasteiger partial charge in [0.15, 0.2) is 11.5 Å². The van der Waals surface area contributed by atoms with E-state index in [1.807, 2.05) is 30.3 Å². The number of rotatable bonds is 7. The summed E-state index contributed by atoms with van der Waals surface area (Å²) >= 11 is 0. The van der Waals surface area contributed by atoms with Crippen molar-refractivity contribution in [3.63, 3.8) is 0 Å². The molecule has 0 radical (unpaired) electrons. The van der Waals surface area contributed by atoms with Crippen LogP contribution in [0.5, 0.6) is 5.88 Å². The lowest BCUT2D eigenvalue weighted by Gasteiger charge is -2.13. The van der Waals surface area contributed by atoms with Gasteiger partial charge in [-0.05, 0) is 30.3 Å². The molecule has 0 spiro atoms. The Labute approximate surface area is 182 Å². The fourth-order valence-corrected chi connectivity index (χ4v) is 3.12. The SMILES string of the molecule is COc1ccnn1-c1ccc(-n2ccc(=O)c(/C(=C/C=N)Nc3ccccc3)n2)c(F)c1. The molecule has 8 nitrogen and oxygen atoms in total. The van der Waals surface area contributed by atoms with Crippen molar-refractivity contribution in [3.8, 4) is 17.3 Å². The van der Waals surface area contributed by atoms with Crippen LogP contribution in [0.1, 0.15) is 5.69 Å². The Kier molecular flexibility index (Phi) is 5.89. The highest BCUT2D eigenvalue weighted by atomic mass is 19.1. The Morgan fingerprint density at radius 2 is 1.97 bits per heavy atom. The minimum absolute atomic E-state index is 0.0528. The van der Waals surface area contributed by atoms with Crippen LogP contribution in [0.4, 0.5) is 10.1 Å². The molecule has 2 heterocycles. The first-order valence-electron chi connectivity index (χ1n) is 9.62. The summed E-state index contributed by atoms with van der Waals surface area (Å²) in [5.74, 6) is -0.0925. The van der Waals surface area contributed by atoms with Crippen molar-refractivity contribution in [2.24, 2.45) is 0 Å². The van der Waals surface area contributed by atoms with Crippen LogP contribution in [0.3, 0.4) is 0 Å². The zero-order valence-electron chi connectivity index (χ0n) is 17.1. The minimum Gasteiger partial charge on any atom is -0.481 e. The van der Waals surface area contributed by atoms with Gasteiger partial charge >= 0.3 is 0 Å². The zero-order chi connectivity index (χ0) is 22.5. The number of para-hydroxylation sites is 1. The summed E-state index contributed by atoms with van der Waals surface area (Å²) in [6.07, 6.45) is 5.42. The molecule has 2 N–H and O–H groups in total. The van der Waals surface area contributed by atoms with Crippen LogP contribution in [-0.4, -0.2) is 32.9 Å². The minimum atomic E-state index is -0.559. The first kappa shape index (κ1) is 20.7. The lowest BCUT2D eigenvalue weighted by Crippen LogP contribution is -2.19. The van der Waals surface area contributed by atoms with E-state index in [0.29, 0.717) is 17.3 Å². The molecule has 4 rings (SSSR count). The van der Waals surface area contributed by atoms with Gasteiger partial charge in [-0.1, -0.05) is 18.2 Å². The monoisotopic (exact) mass is 430 g/mol. The van der Waals surface area contributed by atoms with Gasteiger partial charge in [0.25, 0.3) is 0 Å². The van der Waals surface area contributed by atoms with E-state index in [-0.39, 0.29) is 16.8 Å². The van der Waals surface area contributed by atoms with Gasteiger partial charge in [-0.25, -0.2) is 13.8 Å². The van der Waals surface area contributed by atoms with Crippen molar-refractivity contribution in [3.05, 3.63) is 101 Å². The van der Waals surface area contributed by atoms with Gasteiger partial charge in [0.2, 0.25) is 11.3 Å². The molecule has 0 saturated heterocycles. The first-order valence-corrected chi connectivity index (χ1v) is 9.62. The molecule has 0 amide bonds. The predicted octanol–water partition coefficient (Wildman–Crippen LogP) is 3.67. The maximum Gasteiger partial charge on any atom is 0.216 e. The lowest BCUT2D eigenvalue weighted by atomic mass is 10.2. The molecule has 0 bridgehead atoms. The molecule has 9 heteroatoms. The fourth-order valence-electron chi connectivity index (χ4n) is 3.12. The predicted molar refractivity (Wildman–Crippen MR) is 120 cm³/mol. The Morgan fingerprint density at radius 1 is 1.16 bits per heavy atom. The highest BCUT2D eigenvalue weighted by molar-refractivity contribution is 5.86. The van der Waals surface area contributed by atoms with Crippen LogP contribution in [0, 0.1) is 11.2 Å². The van der Waals surface area contributed by atoms with Crippen LogP contribution in [0.2, 0.25) is 0 Å². The number of anilines is 1. The second-order valence-electron chi connectivity index (χ2n) is 6.63. The molecular formula is C23H19FN6O2. The number of allylic oxidation sites excluding steroid dienone is 1. The summed E-state index contributed by atoms with van der Waals surface area (Å²) in [5.41, 5.74) is 1.36. The maximum absolute atomic E-state index is 15.0. The van der Waals surface area contributed by atoms with Crippen molar-refractivity contribution in [1.82, 2.24) is 19.6 Å². The maximum atomic E-state index is 15.0. The number of nitrogens with one attached hydrogen (secondary N) is 2. The van der Waals surface area contributed by atoms with Gasteiger partial charge in [0, 0.05) is 36.3 Å². The quantitative estimate of drug-likeness (QED) is 0.436. The van der Waals surface area contributed by atoms with Gasteiger partial charge in [0.05, 0.1) is 24.7 Å². The number of aromatic nitrogens is 4. The Hall–Kier alpha value is -4.53. The number of benzene rings is 2. The number of hydrogen-bond donors (Lipinski definition) is 2. The average Bonchev–Trinajstić information content (AvgIpc) is 3.29. The Balaban J connectivity index is 1.73. The average molecular weight is 430 g/mol. The molecule has 32 heavy (non-hydrogen) atoms. The highest BCUT2D eigenvalue weighted by Crippen LogP contribution is 2.21. The molecule has 0 atom stereocenters. The van der Waals surface area contributed by atoms with Crippen LogP contribution in [-0.2, 0) is 0 Å². The van der Waals surface area contributed by atoms with E-state index in [1.165, 1.54) is 46.9 Å². The third-order valence-corrected chi connectivity index (χ3v) is 4.61. The number of hydrogen-bond acceptors (Lipinski definition) is 6. The molecular weight excluding hydrogens is 411 g/mol. The molecule has 2 aromatic carbocycles. The zero-order valence-corrected chi connectivity index (χ0v) is 17.1. The van der Waals surface area contributed by atoms with Gasteiger partial charge in [-0.2, -0.15) is 10.2 Å². The summed E-state index contributed by atoms with van der Waals surface area (Å²) in [5, 5.41) is 19.0. The van der Waals surface area contributed by atoms with Gasteiger partial charge in [-0.3, -0.25) is 4.79 Å². The topological polar surface area (TPSA) is 97.8 Å². The van der Waals surface area contributed by atoms with E-state index in [2.05, 4.69) is 15.5 Å². The molecule has 4 aromatic rings. The molecule has 0 aliphatic carbocycles. The van der Waals surface area contributed by atoms with E-state index in [4.69, 9.17) is 10.1 Å². The van der Waals surface area contributed by atoms with E-state index < -0.39 is 5.82 Å². The molecule has 0 saturated carbocycles. The highest BCUT2D eigenvalue weighted by Gasteiger charge is 2.14. The number of halogens is 1. The second-order valence-corrected chi connectivity index (χ2v) is 6.63. The number of methoxy groups -OCH3 is 1. The van der Waals surface area contributed by atoms with Crippen LogP contribution < -0.4 is 15.5 Å². The van der Waals surface area contributed by atoms with E-state index >= 15 is 4.39 Å². The van der Waals surface area contributed by atoms with E-state index in [9.17, 15) is 4.79 Å². The number of nitrogens with zero attached hydrogens (tertiary/aromatic N) is 4. The van der Waals surface area contributed by atoms with E-state index in [0.717, 1.165) is 11.9 Å². The largest absolute Gasteiger partial charge is 0.481 e. The standard InChI is InChI=1S/C23H19FN6O2/c1-32-22-10-13-26-30(22)17-7-8-20(18(24)15-17)29-14-11-21(31)23(28-29)19(9-12-25)27-16-5-3-2-4-6-16/h2-15,25,27H,1H3/b19-9-,25-12?. The van der Waals surface area contributed by atoms with Crippen molar-refractivity contribution < 1.29 is 9.13 Å². The van der Waals surface area contributed by atoms with Crippen molar-refractivity contribution in [2.75, 3.05) is 12.4 Å². The first-order chi connectivity index (χ1) is 15.6. The van der Waals surface area contributed by atoms with Crippen LogP contribution in [0.25, 0.3) is 17.1 Å².